The molecule has 1 rings (SSSR count). The summed E-state index contributed by atoms with van der Waals surface area (Å²) in [6, 6.07) is 0. The van der Waals surface area contributed by atoms with E-state index in [9.17, 15) is 10.0 Å². The lowest BCUT2D eigenvalue weighted by atomic mass is 9.70. The van der Waals surface area contributed by atoms with Gasteiger partial charge in [0.05, 0.1) is 0 Å². The quantitative estimate of drug-likeness (QED) is 0.694. The molecule has 0 amide bonds. The minimum absolute atomic E-state index is 0.0999. The van der Waals surface area contributed by atoms with E-state index in [4.69, 9.17) is 0 Å². The molecule has 0 heterocycles. The second-order valence-corrected chi connectivity index (χ2v) is 4.41. The molecular weight excluding hydrogens is 187 g/mol. The predicted octanol–water partition coefficient (Wildman–Crippen LogP) is 2.10. The molecule has 0 fully saturated rings. The summed E-state index contributed by atoms with van der Waals surface area (Å²) in [6.45, 7) is 6.44. The molecule has 2 atom stereocenters. The number of hydrogen-bond donors (Lipinski definition) is 2. The molecule has 3 heteroatoms. The highest BCUT2D eigenvalue weighted by atomic mass is 16.4. The third-order valence-corrected chi connectivity index (χ3v) is 3.31. The van der Waals surface area contributed by atoms with Crippen LogP contribution < -0.4 is 0 Å². The summed E-state index contributed by atoms with van der Waals surface area (Å²) in [5, 5.41) is 18.4. The minimum atomic E-state index is -1.38. The predicted molar refractivity (Wildman–Crippen MR) is 64.1 cm³/mol. The summed E-state index contributed by atoms with van der Waals surface area (Å²) >= 11 is 0. The van der Waals surface area contributed by atoms with Gasteiger partial charge in [-0.15, -0.1) is 0 Å². The molecule has 0 aromatic carbocycles. The van der Waals surface area contributed by atoms with Crippen LogP contribution in [0.1, 0.15) is 27.2 Å². The normalized spacial score (nSPS) is 27.1. The van der Waals surface area contributed by atoms with Crippen LogP contribution in [0.2, 0.25) is 0 Å². The van der Waals surface area contributed by atoms with Crippen molar-refractivity contribution in [3.8, 4) is 0 Å². The maximum atomic E-state index is 9.20. The lowest BCUT2D eigenvalue weighted by Gasteiger charge is -2.29. The van der Waals surface area contributed by atoms with Crippen molar-refractivity contribution < 1.29 is 10.0 Å². The van der Waals surface area contributed by atoms with Crippen molar-refractivity contribution >= 4 is 7.12 Å². The summed E-state index contributed by atoms with van der Waals surface area (Å²) in [4.78, 5) is 0. The summed E-state index contributed by atoms with van der Waals surface area (Å²) < 4.78 is 0. The Kier molecular flexibility index (Phi) is 3.94. The Bertz CT molecular complexity index is 305. The van der Waals surface area contributed by atoms with Gasteiger partial charge in [-0.1, -0.05) is 57.6 Å². The number of hydrogen-bond acceptors (Lipinski definition) is 2. The Labute approximate surface area is 92.2 Å². The van der Waals surface area contributed by atoms with Crippen LogP contribution in [-0.4, -0.2) is 17.2 Å². The molecule has 0 saturated carbocycles. The van der Waals surface area contributed by atoms with E-state index >= 15 is 0 Å². The molecule has 0 bridgehead atoms. The molecule has 82 valence electrons. The van der Waals surface area contributed by atoms with Gasteiger partial charge < -0.3 is 10.0 Å². The molecule has 2 N–H and O–H groups in total. The molecule has 0 radical (unpaired) electrons. The maximum absolute atomic E-state index is 9.20. The molecule has 0 saturated heterocycles. The van der Waals surface area contributed by atoms with Crippen LogP contribution in [0, 0.1) is 11.3 Å². The van der Waals surface area contributed by atoms with Crippen LogP contribution in [0.4, 0.5) is 0 Å². The highest BCUT2D eigenvalue weighted by Gasteiger charge is 2.27. The Morgan fingerprint density at radius 1 is 1.40 bits per heavy atom. The minimum Gasteiger partial charge on any atom is -0.423 e. The van der Waals surface area contributed by atoms with Crippen LogP contribution in [-0.2, 0) is 0 Å². The molecule has 2 nitrogen and oxygen atoms in total. The Balaban J connectivity index is 3.04. The van der Waals surface area contributed by atoms with Gasteiger partial charge in [-0.25, -0.2) is 0 Å². The SMILES string of the molecule is CCC(C)C1(C)C=CC=CC(B(O)O)=C1. The maximum Gasteiger partial charge on any atom is 0.488 e. The van der Waals surface area contributed by atoms with E-state index in [1.807, 2.05) is 18.2 Å². The van der Waals surface area contributed by atoms with E-state index in [-0.39, 0.29) is 5.41 Å². The highest BCUT2D eigenvalue weighted by molar-refractivity contribution is 6.51. The van der Waals surface area contributed by atoms with Crippen LogP contribution in [0.25, 0.3) is 0 Å². The van der Waals surface area contributed by atoms with Crippen molar-refractivity contribution in [2.24, 2.45) is 11.3 Å². The highest BCUT2D eigenvalue weighted by Crippen LogP contribution is 2.35. The third kappa shape index (κ3) is 2.83. The Hall–Kier alpha value is -0.795. The fourth-order valence-corrected chi connectivity index (χ4v) is 1.79. The van der Waals surface area contributed by atoms with Gasteiger partial charge in [0.1, 0.15) is 0 Å². The Morgan fingerprint density at radius 2 is 2.07 bits per heavy atom. The molecule has 0 aromatic rings. The second-order valence-electron chi connectivity index (χ2n) is 4.41. The van der Waals surface area contributed by atoms with Crippen molar-refractivity contribution in [3.05, 3.63) is 35.9 Å². The fourth-order valence-electron chi connectivity index (χ4n) is 1.79. The average Bonchev–Trinajstić information content (AvgIpc) is 2.40. The smallest absolute Gasteiger partial charge is 0.423 e. The fraction of sp³-hybridized carbons (Fsp3) is 0.500. The standard InChI is InChI=1S/C12H19BO2/c1-4-10(2)12(3)8-6-5-7-11(9-12)13(14)15/h5-10,14-15H,4H2,1-3H3. The Morgan fingerprint density at radius 3 is 2.60 bits per heavy atom. The molecule has 1 aliphatic carbocycles. The summed E-state index contributed by atoms with van der Waals surface area (Å²) in [7, 11) is -1.38. The van der Waals surface area contributed by atoms with Gasteiger partial charge in [0.15, 0.2) is 0 Å². The average molecular weight is 206 g/mol. The largest absolute Gasteiger partial charge is 0.488 e. The first-order valence-electron chi connectivity index (χ1n) is 5.44. The zero-order valence-electron chi connectivity index (χ0n) is 9.64. The van der Waals surface area contributed by atoms with Crippen LogP contribution in [0.5, 0.6) is 0 Å². The molecule has 2 unspecified atom stereocenters. The van der Waals surface area contributed by atoms with E-state index in [2.05, 4.69) is 26.8 Å². The van der Waals surface area contributed by atoms with Crippen LogP contribution in [0.15, 0.2) is 35.9 Å². The second kappa shape index (κ2) is 4.82. The van der Waals surface area contributed by atoms with Crippen LogP contribution >= 0.6 is 0 Å². The molecule has 0 spiro atoms. The van der Waals surface area contributed by atoms with Crippen molar-refractivity contribution in [2.75, 3.05) is 0 Å². The van der Waals surface area contributed by atoms with E-state index in [0.29, 0.717) is 11.4 Å². The summed E-state index contributed by atoms with van der Waals surface area (Å²) in [6.07, 6.45) is 10.7. The van der Waals surface area contributed by atoms with E-state index in [1.54, 1.807) is 6.08 Å². The molecule has 0 aliphatic heterocycles. The zero-order valence-corrected chi connectivity index (χ0v) is 9.64. The van der Waals surface area contributed by atoms with E-state index in [0.717, 1.165) is 6.42 Å². The molecule has 0 aromatic heterocycles. The van der Waals surface area contributed by atoms with Crippen molar-refractivity contribution in [1.82, 2.24) is 0 Å². The van der Waals surface area contributed by atoms with Gasteiger partial charge in [-0.3, -0.25) is 0 Å². The molecule has 15 heavy (non-hydrogen) atoms. The zero-order chi connectivity index (χ0) is 11.5. The third-order valence-electron chi connectivity index (χ3n) is 3.31. The van der Waals surface area contributed by atoms with Crippen molar-refractivity contribution in [1.29, 1.82) is 0 Å². The van der Waals surface area contributed by atoms with E-state index < -0.39 is 7.12 Å². The van der Waals surface area contributed by atoms with Gasteiger partial charge in [0.25, 0.3) is 0 Å². The van der Waals surface area contributed by atoms with Gasteiger partial charge in [0.2, 0.25) is 0 Å². The lowest BCUT2D eigenvalue weighted by Crippen LogP contribution is -2.23. The summed E-state index contributed by atoms with van der Waals surface area (Å²) in [5.74, 6) is 0.474. The molecular formula is C12H19BO2. The number of allylic oxidation sites excluding steroid dienone is 6. The number of rotatable bonds is 3. The van der Waals surface area contributed by atoms with Crippen LogP contribution in [0.3, 0.4) is 0 Å². The van der Waals surface area contributed by atoms with Gasteiger partial charge in [-0.05, 0) is 11.4 Å². The topological polar surface area (TPSA) is 40.5 Å². The first-order chi connectivity index (χ1) is 6.99. The monoisotopic (exact) mass is 206 g/mol. The first kappa shape index (κ1) is 12.3. The first-order valence-corrected chi connectivity index (χ1v) is 5.44. The summed E-state index contributed by atoms with van der Waals surface area (Å²) in [5.41, 5.74) is 0.472. The lowest BCUT2D eigenvalue weighted by molar-refractivity contribution is 0.341. The molecule has 1 aliphatic rings. The van der Waals surface area contributed by atoms with Gasteiger partial charge >= 0.3 is 7.12 Å². The van der Waals surface area contributed by atoms with Gasteiger partial charge in [0, 0.05) is 5.41 Å². The van der Waals surface area contributed by atoms with Crippen molar-refractivity contribution in [3.63, 3.8) is 0 Å². The van der Waals surface area contributed by atoms with E-state index in [1.165, 1.54) is 0 Å². The van der Waals surface area contributed by atoms with Crippen molar-refractivity contribution in [2.45, 2.75) is 27.2 Å². The van der Waals surface area contributed by atoms with Gasteiger partial charge in [-0.2, -0.15) is 0 Å².